The highest BCUT2D eigenvalue weighted by atomic mass is 32.1. The van der Waals surface area contributed by atoms with Gasteiger partial charge in [0.2, 0.25) is 0 Å². The molecule has 0 spiro atoms. The minimum Gasteiger partial charge on any atom is -0.497 e. The average Bonchev–Trinajstić information content (AvgIpc) is 3.09. The van der Waals surface area contributed by atoms with E-state index in [2.05, 4.69) is 26.1 Å². The maximum atomic E-state index is 13.1. The van der Waals surface area contributed by atoms with Crippen LogP contribution in [0.2, 0.25) is 0 Å². The van der Waals surface area contributed by atoms with Crippen LogP contribution in [0.15, 0.2) is 18.2 Å². The van der Waals surface area contributed by atoms with Gasteiger partial charge in [0.25, 0.3) is 5.91 Å². The highest BCUT2D eigenvalue weighted by Crippen LogP contribution is 2.44. The maximum absolute atomic E-state index is 13.1. The lowest BCUT2D eigenvalue weighted by Crippen LogP contribution is -2.26. The number of rotatable bonds is 6. The summed E-state index contributed by atoms with van der Waals surface area (Å²) in [6, 6.07) is 4.99. The maximum Gasteiger partial charge on any atom is 0.341 e. The zero-order valence-electron chi connectivity index (χ0n) is 19.1. The van der Waals surface area contributed by atoms with Gasteiger partial charge in [-0.25, -0.2) is 4.79 Å². The first-order chi connectivity index (χ1) is 14.7. The van der Waals surface area contributed by atoms with E-state index in [0.29, 0.717) is 33.5 Å². The summed E-state index contributed by atoms with van der Waals surface area (Å²) in [5.41, 5.74) is 2.09. The standard InChI is InChI=1S/C24H31NO5S/c1-7-30-23(27)20-18-9-8-15(24(2,3)4)12-19(18)31-22(20)25-21(26)14-10-16(28-5)13-17(11-14)29-6/h10-11,13,15H,7-9,12H2,1-6H3,(H,25,26)/t15-/m0/s1. The van der Waals surface area contributed by atoms with E-state index < -0.39 is 0 Å². The largest absolute Gasteiger partial charge is 0.497 e. The van der Waals surface area contributed by atoms with Gasteiger partial charge in [0.15, 0.2) is 0 Å². The minimum absolute atomic E-state index is 0.187. The van der Waals surface area contributed by atoms with Gasteiger partial charge in [0.1, 0.15) is 16.5 Å². The molecule has 1 aromatic carbocycles. The number of ether oxygens (including phenoxy) is 3. The van der Waals surface area contributed by atoms with Gasteiger partial charge in [-0.15, -0.1) is 11.3 Å². The number of esters is 1. The first kappa shape index (κ1) is 23.1. The van der Waals surface area contributed by atoms with Gasteiger partial charge >= 0.3 is 5.97 Å². The number of anilines is 1. The molecule has 0 saturated carbocycles. The van der Waals surface area contributed by atoms with E-state index in [1.807, 2.05) is 0 Å². The summed E-state index contributed by atoms with van der Waals surface area (Å²) in [6.07, 6.45) is 2.73. The number of fused-ring (bicyclic) bond motifs is 1. The Morgan fingerprint density at radius 2 is 1.77 bits per heavy atom. The van der Waals surface area contributed by atoms with Crippen LogP contribution < -0.4 is 14.8 Å². The van der Waals surface area contributed by atoms with E-state index in [-0.39, 0.29) is 23.9 Å². The van der Waals surface area contributed by atoms with Gasteiger partial charge in [-0.1, -0.05) is 20.8 Å². The fraction of sp³-hybridized carbons (Fsp3) is 0.500. The van der Waals surface area contributed by atoms with Crippen LogP contribution in [0.3, 0.4) is 0 Å². The molecule has 2 aromatic rings. The van der Waals surface area contributed by atoms with Gasteiger partial charge in [-0.3, -0.25) is 4.79 Å². The van der Waals surface area contributed by atoms with Crippen molar-refractivity contribution in [2.75, 3.05) is 26.1 Å². The lowest BCUT2D eigenvalue weighted by molar-refractivity contribution is 0.0526. The molecule has 1 amide bonds. The number of hydrogen-bond acceptors (Lipinski definition) is 6. The Bertz CT molecular complexity index is 951. The van der Waals surface area contributed by atoms with Crippen molar-refractivity contribution in [2.24, 2.45) is 11.3 Å². The second-order valence-electron chi connectivity index (χ2n) is 8.79. The van der Waals surface area contributed by atoms with E-state index in [1.165, 1.54) is 25.6 Å². The fourth-order valence-electron chi connectivity index (χ4n) is 3.95. The van der Waals surface area contributed by atoms with E-state index >= 15 is 0 Å². The lowest BCUT2D eigenvalue weighted by atomic mass is 9.72. The van der Waals surface area contributed by atoms with Crippen molar-refractivity contribution in [1.82, 2.24) is 0 Å². The molecular weight excluding hydrogens is 414 g/mol. The number of nitrogens with one attached hydrogen (secondary N) is 1. The predicted octanol–water partition coefficient (Wildman–Crippen LogP) is 5.35. The van der Waals surface area contributed by atoms with Crippen LogP contribution in [0.1, 0.15) is 65.3 Å². The Hall–Kier alpha value is -2.54. The summed E-state index contributed by atoms with van der Waals surface area (Å²) in [5.74, 6) is 0.864. The van der Waals surface area contributed by atoms with Gasteiger partial charge in [-0.2, -0.15) is 0 Å². The van der Waals surface area contributed by atoms with Gasteiger partial charge in [0.05, 0.1) is 26.4 Å². The third kappa shape index (κ3) is 5.03. The molecule has 1 aromatic heterocycles. The molecule has 1 heterocycles. The summed E-state index contributed by atoms with van der Waals surface area (Å²) in [6.45, 7) is 8.83. The molecule has 1 atom stereocenters. The molecule has 31 heavy (non-hydrogen) atoms. The zero-order valence-corrected chi connectivity index (χ0v) is 19.9. The molecule has 0 bridgehead atoms. The number of carbonyl (C=O) groups excluding carboxylic acids is 2. The van der Waals surface area contributed by atoms with Crippen molar-refractivity contribution in [2.45, 2.75) is 47.0 Å². The molecular formula is C24H31NO5S. The molecule has 0 fully saturated rings. The smallest absolute Gasteiger partial charge is 0.341 e. The van der Waals surface area contributed by atoms with Gasteiger partial charge in [-0.05, 0) is 55.2 Å². The van der Waals surface area contributed by atoms with Crippen LogP contribution in [0, 0.1) is 11.3 Å². The first-order valence-corrected chi connectivity index (χ1v) is 11.4. The third-order valence-corrected chi connectivity index (χ3v) is 6.98. The summed E-state index contributed by atoms with van der Waals surface area (Å²) in [7, 11) is 3.07. The second-order valence-corrected chi connectivity index (χ2v) is 9.89. The third-order valence-electron chi connectivity index (χ3n) is 5.81. The number of carbonyl (C=O) groups is 2. The van der Waals surface area contributed by atoms with Crippen LogP contribution in [-0.2, 0) is 17.6 Å². The molecule has 6 nitrogen and oxygen atoms in total. The number of benzene rings is 1. The summed E-state index contributed by atoms with van der Waals surface area (Å²) in [4.78, 5) is 27.0. The quantitative estimate of drug-likeness (QED) is 0.607. The summed E-state index contributed by atoms with van der Waals surface area (Å²) < 4.78 is 15.9. The second kappa shape index (κ2) is 9.30. The van der Waals surface area contributed by atoms with Crippen molar-refractivity contribution >= 4 is 28.2 Å². The molecule has 7 heteroatoms. The monoisotopic (exact) mass is 445 g/mol. The molecule has 1 N–H and O–H groups in total. The Labute approximate surface area is 187 Å². The van der Waals surface area contributed by atoms with Gasteiger partial charge in [0, 0.05) is 16.5 Å². The van der Waals surface area contributed by atoms with Crippen molar-refractivity contribution in [3.05, 3.63) is 39.8 Å². The predicted molar refractivity (Wildman–Crippen MR) is 123 cm³/mol. The van der Waals surface area contributed by atoms with Crippen LogP contribution in [-0.4, -0.2) is 32.7 Å². The van der Waals surface area contributed by atoms with E-state index in [4.69, 9.17) is 14.2 Å². The van der Waals surface area contributed by atoms with Crippen molar-refractivity contribution in [3.63, 3.8) is 0 Å². The van der Waals surface area contributed by atoms with Crippen molar-refractivity contribution in [1.29, 1.82) is 0 Å². The molecule has 1 aliphatic carbocycles. The van der Waals surface area contributed by atoms with Crippen LogP contribution in [0.5, 0.6) is 11.5 Å². The molecule has 0 aliphatic heterocycles. The molecule has 168 valence electrons. The zero-order chi connectivity index (χ0) is 22.8. The SMILES string of the molecule is CCOC(=O)c1c(NC(=O)c2cc(OC)cc(OC)c2)sc2c1CC[C@H](C(C)(C)C)C2. The Balaban J connectivity index is 1.96. The van der Waals surface area contributed by atoms with E-state index in [9.17, 15) is 9.59 Å². The molecule has 1 aliphatic rings. The molecule has 3 rings (SSSR count). The Kier molecular flexibility index (Phi) is 6.94. The highest BCUT2D eigenvalue weighted by molar-refractivity contribution is 7.17. The topological polar surface area (TPSA) is 73.9 Å². The highest BCUT2D eigenvalue weighted by Gasteiger charge is 2.34. The summed E-state index contributed by atoms with van der Waals surface area (Å²) >= 11 is 1.48. The number of hydrogen-bond donors (Lipinski definition) is 1. The first-order valence-electron chi connectivity index (χ1n) is 10.5. The normalized spacial score (nSPS) is 15.7. The van der Waals surface area contributed by atoms with E-state index in [1.54, 1.807) is 25.1 Å². The van der Waals surface area contributed by atoms with Crippen LogP contribution in [0.25, 0.3) is 0 Å². The Morgan fingerprint density at radius 3 is 2.32 bits per heavy atom. The molecule has 0 radical (unpaired) electrons. The van der Waals surface area contributed by atoms with Crippen molar-refractivity contribution in [3.8, 4) is 11.5 Å². The number of thiophene rings is 1. The summed E-state index contributed by atoms with van der Waals surface area (Å²) in [5, 5.41) is 3.49. The Morgan fingerprint density at radius 1 is 1.13 bits per heavy atom. The number of amides is 1. The van der Waals surface area contributed by atoms with Crippen molar-refractivity contribution < 1.29 is 23.8 Å². The van der Waals surface area contributed by atoms with Crippen LogP contribution in [0.4, 0.5) is 5.00 Å². The average molecular weight is 446 g/mol. The lowest BCUT2D eigenvalue weighted by Gasteiger charge is -2.33. The fourth-order valence-corrected chi connectivity index (χ4v) is 5.26. The van der Waals surface area contributed by atoms with Crippen LogP contribution >= 0.6 is 11.3 Å². The van der Waals surface area contributed by atoms with E-state index in [0.717, 1.165) is 29.7 Å². The molecule has 0 saturated heterocycles. The van der Waals surface area contributed by atoms with Gasteiger partial charge < -0.3 is 19.5 Å². The number of methoxy groups -OCH3 is 2. The molecule has 0 unspecified atom stereocenters. The minimum atomic E-state index is -0.382.